The zero-order chi connectivity index (χ0) is 19.2. The number of hydrogen-bond acceptors (Lipinski definition) is 3. The average molecular weight is 453 g/mol. The van der Waals surface area contributed by atoms with Crippen LogP contribution in [0.5, 0.6) is 0 Å². The van der Waals surface area contributed by atoms with Crippen LogP contribution in [0.1, 0.15) is 51.9 Å². The maximum Gasteiger partial charge on any atom is 0.235 e. The number of halogens is 1. The molecule has 2 fully saturated rings. The number of hydrogen-bond donors (Lipinski definition) is 1. The lowest BCUT2D eigenvalue weighted by Crippen LogP contribution is -2.49. The number of amides is 2. The zero-order valence-electron chi connectivity index (χ0n) is 16.0. The van der Waals surface area contributed by atoms with Gasteiger partial charge in [0, 0.05) is 28.5 Å². The molecule has 1 aromatic rings. The van der Waals surface area contributed by atoms with Gasteiger partial charge in [0.05, 0.1) is 11.2 Å². The second-order valence-electron chi connectivity index (χ2n) is 7.68. The lowest BCUT2D eigenvalue weighted by atomic mass is 9.93. The van der Waals surface area contributed by atoms with Crippen molar-refractivity contribution in [3.8, 4) is 0 Å². The number of nitrogens with one attached hydrogen (secondary N) is 1. The molecule has 1 heterocycles. The summed E-state index contributed by atoms with van der Waals surface area (Å²) in [6.45, 7) is 3.28. The Morgan fingerprint density at radius 3 is 2.52 bits per heavy atom. The Bertz CT molecular complexity index is 646. The molecule has 1 aliphatic carbocycles. The molecule has 2 unspecified atom stereocenters. The zero-order valence-corrected chi connectivity index (χ0v) is 18.4. The first kappa shape index (κ1) is 20.7. The van der Waals surface area contributed by atoms with Gasteiger partial charge in [0.25, 0.3) is 0 Å². The minimum atomic E-state index is -0.147. The average Bonchev–Trinajstić information content (AvgIpc) is 2.70. The largest absolute Gasteiger partial charge is 0.353 e. The van der Waals surface area contributed by atoms with E-state index in [1.165, 1.54) is 19.3 Å². The van der Waals surface area contributed by atoms with Gasteiger partial charge >= 0.3 is 0 Å². The molecule has 2 aliphatic rings. The lowest BCUT2D eigenvalue weighted by molar-refractivity contribution is -0.135. The summed E-state index contributed by atoms with van der Waals surface area (Å²) in [7, 11) is 0. The fraction of sp³-hybridized carbons (Fsp3) is 0.619. The van der Waals surface area contributed by atoms with Gasteiger partial charge in [0.2, 0.25) is 11.8 Å². The third kappa shape index (κ3) is 5.98. The summed E-state index contributed by atoms with van der Waals surface area (Å²) >= 11 is 5.02. The number of nitrogens with zero attached hydrogens (tertiary/aromatic N) is 1. The molecule has 27 heavy (non-hydrogen) atoms. The highest BCUT2D eigenvalue weighted by atomic mass is 79.9. The monoisotopic (exact) mass is 452 g/mol. The van der Waals surface area contributed by atoms with E-state index in [9.17, 15) is 9.59 Å². The number of carbonyl (C=O) groups is 2. The van der Waals surface area contributed by atoms with Gasteiger partial charge in [0.1, 0.15) is 0 Å². The van der Waals surface area contributed by atoms with E-state index in [1.807, 2.05) is 36.1 Å². The summed E-state index contributed by atoms with van der Waals surface area (Å²) in [6, 6.07) is 8.37. The van der Waals surface area contributed by atoms with Crippen molar-refractivity contribution in [1.29, 1.82) is 0 Å². The summed E-state index contributed by atoms with van der Waals surface area (Å²) in [4.78, 5) is 28.5. The highest BCUT2D eigenvalue weighted by Crippen LogP contribution is 2.28. The third-order valence-corrected chi connectivity index (χ3v) is 7.16. The summed E-state index contributed by atoms with van der Waals surface area (Å²) in [5.41, 5.74) is 0. The van der Waals surface area contributed by atoms with E-state index in [0.29, 0.717) is 12.6 Å². The van der Waals surface area contributed by atoms with Gasteiger partial charge in [-0.3, -0.25) is 9.59 Å². The van der Waals surface area contributed by atoms with Crippen LogP contribution in [0.25, 0.3) is 0 Å². The van der Waals surface area contributed by atoms with Gasteiger partial charge in [-0.05, 0) is 56.9 Å². The Hall–Kier alpha value is -1.01. The van der Waals surface area contributed by atoms with Crippen molar-refractivity contribution in [3.63, 3.8) is 0 Å². The Morgan fingerprint density at radius 1 is 1.11 bits per heavy atom. The molecule has 6 heteroatoms. The fourth-order valence-electron chi connectivity index (χ4n) is 3.98. The van der Waals surface area contributed by atoms with Crippen LogP contribution in [-0.2, 0) is 9.59 Å². The van der Waals surface area contributed by atoms with E-state index in [0.717, 1.165) is 41.6 Å². The van der Waals surface area contributed by atoms with Crippen molar-refractivity contribution >= 4 is 39.5 Å². The molecule has 2 atom stereocenters. The maximum atomic E-state index is 12.9. The Balaban J connectivity index is 1.52. The third-order valence-electron chi connectivity index (χ3n) is 5.53. The Labute approximate surface area is 175 Å². The fourth-order valence-corrected chi connectivity index (χ4v) is 5.20. The molecule has 0 spiro atoms. The number of benzene rings is 1. The molecule has 1 aromatic carbocycles. The normalized spacial score (nSPS) is 22.3. The van der Waals surface area contributed by atoms with Crippen molar-refractivity contribution in [2.45, 2.75) is 68.1 Å². The first-order valence-electron chi connectivity index (χ1n) is 10.0. The first-order chi connectivity index (χ1) is 13.0. The van der Waals surface area contributed by atoms with Crippen LogP contribution >= 0.6 is 27.7 Å². The molecule has 148 valence electrons. The van der Waals surface area contributed by atoms with Gasteiger partial charge in [-0.25, -0.2) is 0 Å². The highest BCUT2D eigenvalue weighted by Gasteiger charge is 2.31. The number of likely N-dealkylation sites (tertiary alicyclic amines) is 1. The number of piperidine rings is 1. The van der Waals surface area contributed by atoms with Gasteiger partial charge < -0.3 is 10.2 Å². The van der Waals surface area contributed by atoms with Crippen LogP contribution in [0.2, 0.25) is 0 Å². The molecule has 4 nitrogen and oxygen atoms in total. The topological polar surface area (TPSA) is 49.4 Å². The van der Waals surface area contributed by atoms with Crippen molar-refractivity contribution < 1.29 is 9.59 Å². The lowest BCUT2D eigenvalue weighted by Gasteiger charge is -2.34. The standard InChI is InChI=1S/C21H29BrN2O2S/c1-15(27-19-11-9-17(22)10-12-19)21(26)24-13-5-6-16(14-24)20(25)23-18-7-3-2-4-8-18/h9-12,15-16,18H,2-8,13-14H2,1H3,(H,23,25). The molecule has 2 amide bonds. The molecular weight excluding hydrogens is 424 g/mol. The number of rotatable bonds is 5. The van der Waals surface area contributed by atoms with E-state index in [1.54, 1.807) is 11.8 Å². The van der Waals surface area contributed by atoms with E-state index in [2.05, 4.69) is 21.2 Å². The quantitative estimate of drug-likeness (QED) is 0.663. The summed E-state index contributed by atoms with van der Waals surface area (Å²) in [5, 5.41) is 3.09. The van der Waals surface area contributed by atoms with Gasteiger partial charge in [0.15, 0.2) is 0 Å². The molecule has 1 aliphatic heterocycles. The molecule has 3 rings (SSSR count). The van der Waals surface area contributed by atoms with Crippen LogP contribution in [0.3, 0.4) is 0 Å². The second-order valence-corrected chi connectivity index (χ2v) is 10.0. The number of carbonyl (C=O) groups excluding carboxylic acids is 2. The van der Waals surface area contributed by atoms with E-state index < -0.39 is 0 Å². The van der Waals surface area contributed by atoms with E-state index in [4.69, 9.17) is 0 Å². The van der Waals surface area contributed by atoms with E-state index in [-0.39, 0.29) is 23.0 Å². The summed E-state index contributed by atoms with van der Waals surface area (Å²) in [5.74, 6) is 0.222. The first-order valence-corrected chi connectivity index (χ1v) is 11.7. The van der Waals surface area contributed by atoms with E-state index >= 15 is 0 Å². The predicted octanol–water partition coefficient (Wildman–Crippen LogP) is 4.62. The molecular formula is C21H29BrN2O2S. The Kier molecular flexibility index (Phi) is 7.65. The van der Waals surface area contributed by atoms with Crippen LogP contribution in [0, 0.1) is 5.92 Å². The van der Waals surface area contributed by atoms with Gasteiger partial charge in [-0.15, -0.1) is 11.8 Å². The molecule has 1 saturated carbocycles. The van der Waals surface area contributed by atoms with Gasteiger partial charge in [-0.1, -0.05) is 35.2 Å². The minimum Gasteiger partial charge on any atom is -0.353 e. The SMILES string of the molecule is CC(Sc1ccc(Br)cc1)C(=O)N1CCCC(C(=O)NC2CCCCC2)C1. The molecule has 1 saturated heterocycles. The van der Waals surface area contributed by atoms with Crippen LogP contribution < -0.4 is 5.32 Å². The molecule has 0 radical (unpaired) electrons. The van der Waals surface area contributed by atoms with Crippen molar-refractivity contribution in [1.82, 2.24) is 10.2 Å². The summed E-state index contributed by atoms with van der Waals surface area (Å²) < 4.78 is 1.04. The second kappa shape index (κ2) is 9.97. The van der Waals surface area contributed by atoms with Crippen LogP contribution in [0.4, 0.5) is 0 Å². The number of thioether (sulfide) groups is 1. The van der Waals surface area contributed by atoms with Crippen molar-refractivity contribution in [2.24, 2.45) is 5.92 Å². The summed E-state index contributed by atoms with van der Waals surface area (Å²) in [6.07, 6.45) is 7.70. The molecule has 0 aromatic heterocycles. The van der Waals surface area contributed by atoms with Crippen LogP contribution in [0.15, 0.2) is 33.6 Å². The van der Waals surface area contributed by atoms with Crippen LogP contribution in [-0.4, -0.2) is 41.1 Å². The smallest absolute Gasteiger partial charge is 0.235 e. The maximum absolute atomic E-state index is 12.9. The predicted molar refractivity (Wildman–Crippen MR) is 114 cm³/mol. The molecule has 0 bridgehead atoms. The Morgan fingerprint density at radius 2 is 1.81 bits per heavy atom. The minimum absolute atomic E-state index is 0.0606. The van der Waals surface area contributed by atoms with Gasteiger partial charge in [-0.2, -0.15) is 0 Å². The highest BCUT2D eigenvalue weighted by molar-refractivity contribution is 9.10. The van der Waals surface area contributed by atoms with Crippen molar-refractivity contribution in [2.75, 3.05) is 13.1 Å². The van der Waals surface area contributed by atoms with Crippen molar-refractivity contribution in [3.05, 3.63) is 28.7 Å². The molecule has 1 N–H and O–H groups in total.